The number of benzene rings is 2. The van der Waals surface area contributed by atoms with Gasteiger partial charge in [0.25, 0.3) is 5.91 Å². The van der Waals surface area contributed by atoms with E-state index in [2.05, 4.69) is 5.32 Å². The fourth-order valence-electron chi connectivity index (χ4n) is 2.22. The summed E-state index contributed by atoms with van der Waals surface area (Å²) in [6.45, 7) is 0.914. The van der Waals surface area contributed by atoms with E-state index < -0.39 is 0 Å². The van der Waals surface area contributed by atoms with Crippen molar-refractivity contribution in [1.29, 1.82) is 0 Å². The van der Waals surface area contributed by atoms with Crippen molar-refractivity contribution in [3.05, 3.63) is 88.1 Å². The maximum absolute atomic E-state index is 12.4. The number of thiophene rings is 1. The van der Waals surface area contributed by atoms with Crippen LogP contribution in [0.1, 0.15) is 20.8 Å². The van der Waals surface area contributed by atoms with Crippen LogP contribution in [0.4, 0.5) is 0 Å². The highest BCUT2D eigenvalue weighted by atomic mass is 32.1. The zero-order valence-electron chi connectivity index (χ0n) is 12.6. The molecule has 1 heterocycles. The fraction of sp³-hybridized carbons (Fsp3) is 0.105. The highest BCUT2D eigenvalue weighted by Gasteiger charge is 2.11. The lowest BCUT2D eigenvalue weighted by Gasteiger charge is -2.11. The lowest BCUT2D eigenvalue weighted by Crippen LogP contribution is -2.23. The minimum absolute atomic E-state index is 0.0781. The summed E-state index contributed by atoms with van der Waals surface area (Å²) in [7, 11) is 0. The first-order valence-corrected chi connectivity index (χ1v) is 8.27. The lowest BCUT2D eigenvalue weighted by atomic mass is 10.1. The van der Waals surface area contributed by atoms with Gasteiger partial charge in [0.05, 0.1) is 6.54 Å². The summed E-state index contributed by atoms with van der Waals surface area (Å²) in [5.74, 6) is 0.715. The molecule has 0 bridgehead atoms. The van der Waals surface area contributed by atoms with E-state index in [-0.39, 0.29) is 5.91 Å². The van der Waals surface area contributed by atoms with Gasteiger partial charge < -0.3 is 10.1 Å². The predicted octanol–water partition coefficient (Wildman–Crippen LogP) is 4.26. The molecule has 2 aromatic carbocycles. The molecule has 0 saturated heterocycles. The SMILES string of the molecule is O=C(NCc1cccs1)c1ccccc1COc1ccccc1. The lowest BCUT2D eigenvalue weighted by molar-refractivity contribution is 0.0949. The summed E-state index contributed by atoms with van der Waals surface area (Å²) in [5, 5.41) is 4.96. The summed E-state index contributed by atoms with van der Waals surface area (Å²) in [5.41, 5.74) is 1.53. The van der Waals surface area contributed by atoms with Crippen LogP contribution in [0.15, 0.2) is 72.1 Å². The molecule has 0 aliphatic carbocycles. The number of para-hydroxylation sites is 1. The number of carbonyl (C=O) groups is 1. The Kier molecular flexibility index (Phi) is 5.06. The molecular weight excluding hydrogens is 306 g/mol. The van der Waals surface area contributed by atoms with Crippen molar-refractivity contribution in [3.8, 4) is 5.75 Å². The third-order valence-electron chi connectivity index (χ3n) is 3.40. The molecule has 0 spiro atoms. The number of ether oxygens (including phenoxy) is 1. The molecule has 3 nitrogen and oxygen atoms in total. The molecule has 1 amide bonds. The van der Waals surface area contributed by atoms with Gasteiger partial charge >= 0.3 is 0 Å². The molecule has 23 heavy (non-hydrogen) atoms. The molecular formula is C19H17NO2S. The zero-order chi connectivity index (χ0) is 15.9. The van der Waals surface area contributed by atoms with E-state index in [1.807, 2.05) is 72.1 Å². The number of amides is 1. The van der Waals surface area contributed by atoms with Gasteiger partial charge in [0.1, 0.15) is 12.4 Å². The van der Waals surface area contributed by atoms with Crippen LogP contribution in [-0.4, -0.2) is 5.91 Å². The van der Waals surface area contributed by atoms with Crippen molar-refractivity contribution in [2.24, 2.45) is 0 Å². The highest BCUT2D eigenvalue weighted by Crippen LogP contribution is 2.15. The first-order valence-electron chi connectivity index (χ1n) is 7.39. The average molecular weight is 323 g/mol. The van der Waals surface area contributed by atoms with Crippen LogP contribution >= 0.6 is 11.3 Å². The Bertz CT molecular complexity index is 754. The molecule has 0 saturated carbocycles. The predicted molar refractivity (Wildman–Crippen MR) is 92.7 cm³/mol. The quantitative estimate of drug-likeness (QED) is 0.736. The summed E-state index contributed by atoms with van der Waals surface area (Å²) in [6.07, 6.45) is 0. The van der Waals surface area contributed by atoms with Crippen LogP contribution in [-0.2, 0) is 13.2 Å². The molecule has 0 unspecified atom stereocenters. The van der Waals surface area contributed by atoms with Crippen LogP contribution in [0.5, 0.6) is 5.75 Å². The summed E-state index contributed by atoms with van der Waals surface area (Å²) < 4.78 is 5.76. The topological polar surface area (TPSA) is 38.3 Å². The minimum Gasteiger partial charge on any atom is -0.489 e. The second kappa shape index (κ2) is 7.61. The smallest absolute Gasteiger partial charge is 0.251 e. The molecule has 0 aliphatic rings. The largest absolute Gasteiger partial charge is 0.489 e. The normalized spacial score (nSPS) is 10.3. The van der Waals surface area contributed by atoms with Crippen molar-refractivity contribution in [1.82, 2.24) is 5.32 Å². The number of hydrogen-bond acceptors (Lipinski definition) is 3. The summed E-state index contributed by atoms with van der Waals surface area (Å²) >= 11 is 1.63. The van der Waals surface area contributed by atoms with Crippen LogP contribution in [0, 0.1) is 0 Å². The maximum Gasteiger partial charge on any atom is 0.251 e. The van der Waals surface area contributed by atoms with E-state index in [1.54, 1.807) is 11.3 Å². The summed E-state index contributed by atoms with van der Waals surface area (Å²) in [6, 6.07) is 21.1. The Morgan fingerprint density at radius 1 is 0.957 bits per heavy atom. The van der Waals surface area contributed by atoms with Gasteiger partial charge in [0.15, 0.2) is 0 Å². The number of carbonyl (C=O) groups excluding carboxylic acids is 1. The van der Waals surface area contributed by atoms with Crippen LogP contribution in [0.2, 0.25) is 0 Å². The van der Waals surface area contributed by atoms with Crippen molar-refractivity contribution in [2.45, 2.75) is 13.2 Å². The first kappa shape index (κ1) is 15.3. The van der Waals surface area contributed by atoms with Crippen molar-refractivity contribution in [3.63, 3.8) is 0 Å². The molecule has 0 aliphatic heterocycles. The molecule has 0 radical (unpaired) electrons. The zero-order valence-corrected chi connectivity index (χ0v) is 13.4. The Morgan fingerprint density at radius 2 is 1.74 bits per heavy atom. The van der Waals surface area contributed by atoms with Gasteiger partial charge in [0, 0.05) is 16.0 Å². The number of hydrogen-bond donors (Lipinski definition) is 1. The van der Waals surface area contributed by atoms with Crippen molar-refractivity contribution >= 4 is 17.2 Å². The van der Waals surface area contributed by atoms with E-state index in [4.69, 9.17) is 4.74 Å². The van der Waals surface area contributed by atoms with E-state index in [0.717, 1.165) is 16.2 Å². The average Bonchev–Trinajstić information content (AvgIpc) is 3.12. The van der Waals surface area contributed by atoms with Crippen LogP contribution in [0.3, 0.4) is 0 Å². The second-order valence-corrected chi connectivity index (χ2v) is 6.05. The van der Waals surface area contributed by atoms with E-state index in [1.165, 1.54) is 0 Å². The Labute approximate surface area is 139 Å². The van der Waals surface area contributed by atoms with Crippen molar-refractivity contribution in [2.75, 3.05) is 0 Å². The molecule has 116 valence electrons. The Hall–Kier alpha value is -2.59. The van der Waals surface area contributed by atoms with Gasteiger partial charge in [-0.15, -0.1) is 11.3 Å². The van der Waals surface area contributed by atoms with Crippen LogP contribution in [0.25, 0.3) is 0 Å². The molecule has 1 aromatic heterocycles. The van der Waals surface area contributed by atoms with Gasteiger partial charge in [-0.1, -0.05) is 42.5 Å². The Balaban J connectivity index is 1.66. The molecule has 0 fully saturated rings. The van der Waals surface area contributed by atoms with Gasteiger partial charge in [-0.3, -0.25) is 4.79 Å². The minimum atomic E-state index is -0.0781. The first-order chi connectivity index (χ1) is 11.3. The third kappa shape index (κ3) is 4.20. The van der Waals surface area contributed by atoms with Crippen LogP contribution < -0.4 is 10.1 Å². The van der Waals surface area contributed by atoms with E-state index in [0.29, 0.717) is 18.7 Å². The molecule has 3 rings (SSSR count). The number of rotatable bonds is 6. The third-order valence-corrected chi connectivity index (χ3v) is 4.28. The Morgan fingerprint density at radius 3 is 2.52 bits per heavy atom. The number of nitrogens with one attached hydrogen (secondary N) is 1. The monoisotopic (exact) mass is 323 g/mol. The fourth-order valence-corrected chi connectivity index (χ4v) is 2.87. The van der Waals surface area contributed by atoms with Gasteiger partial charge in [-0.25, -0.2) is 0 Å². The molecule has 0 atom stereocenters. The van der Waals surface area contributed by atoms with Gasteiger partial charge in [-0.05, 0) is 29.6 Å². The summed E-state index contributed by atoms with van der Waals surface area (Å²) in [4.78, 5) is 13.5. The van der Waals surface area contributed by atoms with Crippen molar-refractivity contribution < 1.29 is 9.53 Å². The second-order valence-electron chi connectivity index (χ2n) is 5.02. The highest BCUT2D eigenvalue weighted by molar-refractivity contribution is 7.09. The van der Waals surface area contributed by atoms with Gasteiger partial charge in [-0.2, -0.15) is 0 Å². The molecule has 1 N–H and O–H groups in total. The van der Waals surface area contributed by atoms with E-state index >= 15 is 0 Å². The molecule has 3 aromatic rings. The van der Waals surface area contributed by atoms with E-state index in [9.17, 15) is 4.79 Å². The van der Waals surface area contributed by atoms with Gasteiger partial charge in [0.2, 0.25) is 0 Å². The standard InChI is InChI=1S/C19H17NO2S/c21-19(20-13-17-10-6-12-23-17)18-11-5-4-7-15(18)14-22-16-8-2-1-3-9-16/h1-12H,13-14H2,(H,20,21). The maximum atomic E-state index is 12.4. The molecule has 4 heteroatoms.